The van der Waals surface area contributed by atoms with Gasteiger partial charge < -0.3 is 10.1 Å². The summed E-state index contributed by atoms with van der Waals surface area (Å²) in [4.78, 5) is 11.6. The number of methoxy groups -OCH3 is 1. The van der Waals surface area contributed by atoms with E-state index in [9.17, 15) is 4.79 Å². The van der Waals surface area contributed by atoms with Gasteiger partial charge in [0.2, 0.25) is 0 Å². The lowest BCUT2D eigenvalue weighted by molar-refractivity contribution is 0.0993. The van der Waals surface area contributed by atoms with Crippen molar-refractivity contribution in [1.82, 2.24) is 5.32 Å². The lowest BCUT2D eigenvalue weighted by Crippen LogP contribution is -2.18. The van der Waals surface area contributed by atoms with E-state index in [1.54, 1.807) is 26.3 Å². The van der Waals surface area contributed by atoms with Crippen molar-refractivity contribution in [3.8, 4) is 5.75 Å². The smallest absolute Gasteiger partial charge is 0.178 e. The molecule has 0 spiro atoms. The van der Waals surface area contributed by atoms with Gasteiger partial charge in [-0.2, -0.15) is 0 Å². The number of ketones is 1. The van der Waals surface area contributed by atoms with Crippen LogP contribution in [0.25, 0.3) is 0 Å². The van der Waals surface area contributed by atoms with Gasteiger partial charge in [-0.1, -0.05) is 11.6 Å². The molecular weight excluding hydrogens is 281 g/mol. The largest absolute Gasteiger partial charge is 0.496 e. The molecule has 0 aliphatic carbocycles. The molecule has 5 heteroatoms. The first-order valence-electron chi connectivity index (χ1n) is 4.31. The second-order valence-corrected chi connectivity index (χ2v) is 4.18. The summed E-state index contributed by atoms with van der Waals surface area (Å²) in [5.41, 5.74) is 0.485. The minimum Gasteiger partial charge on any atom is -0.496 e. The first kappa shape index (κ1) is 12.5. The van der Waals surface area contributed by atoms with Crippen LogP contribution in [0.3, 0.4) is 0 Å². The van der Waals surface area contributed by atoms with Crippen molar-refractivity contribution in [3.05, 3.63) is 27.2 Å². The summed E-state index contributed by atoms with van der Waals surface area (Å²) >= 11 is 9.27. The van der Waals surface area contributed by atoms with Crippen molar-refractivity contribution in [2.75, 3.05) is 20.7 Å². The maximum Gasteiger partial charge on any atom is 0.178 e. The zero-order valence-corrected chi connectivity index (χ0v) is 10.8. The third-order valence-electron chi connectivity index (χ3n) is 1.88. The van der Waals surface area contributed by atoms with E-state index in [1.807, 2.05) is 0 Å². The Bertz CT molecular complexity index is 382. The highest BCUT2D eigenvalue weighted by Crippen LogP contribution is 2.31. The molecule has 0 aliphatic rings. The average Bonchev–Trinajstić information content (AvgIpc) is 2.21. The number of carbonyl (C=O) groups excluding carboxylic acids is 1. The number of halogens is 2. The molecule has 0 saturated heterocycles. The summed E-state index contributed by atoms with van der Waals surface area (Å²) in [6.07, 6.45) is 0. The van der Waals surface area contributed by atoms with E-state index in [1.165, 1.54) is 0 Å². The fraction of sp³-hybridized carbons (Fsp3) is 0.300. The van der Waals surface area contributed by atoms with E-state index in [0.717, 1.165) is 0 Å². The lowest BCUT2D eigenvalue weighted by atomic mass is 10.1. The zero-order chi connectivity index (χ0) is 11.4. The molecule has 0 amide bonds. The number of Topliss-reactive ketones (excluding diaryl/α,β-unsaturated/α-hetero) is 1. The maximum atomic E-state index is 11.6. The quantitative estimate of drug-likeness (QED) is 0.867. The van der Waals surface area contributed by atoms with Crippen LogP contribution >= 0.6 is 27.5 Å². The van der Waals surface area contributed by atoms with Gasteiger partial charge >= 0.3 is 0 Å². The molecule has 0 heterocycles. The van der Waals surface area contributed by atoms with Crippen LogP contribution in [0.2, 0.25) is 5.02 Å². The van der Waals surface area contributed by atoms with Gasteiger partial charge in [0.05, 0.1) is 23.1 Å². The second kappa shape index (κ2) is 5.49. The fourth-order valence-corrected chi connectivity index (χ4v) is 1.92. The van der Waals surface area contributed by atoms with E-state index in [2.05, 4.69) is 21.2 Å². The van der Waals surface area contributed by atoms with Gasteiger partial charge in [-0.15, -0.1) is 0 Å². The number of nitrogens with one attached hydrogen (secondary N) is 1. The van der Waals surface area contributed by atoms with Gasteiger partial charge in [-0.05, 0) is 29.0 Å². The first-order valence-corrected chi connectivity index (χ1v) is 5.48. The highest BCUT2D eigenvalue weighted by molar-refractivity contribution is 9.10. The number of rotatable bonds is 4. The van der Waals surface area contributed by atoms with Crippen molar-refractivity contribution in [2.24, 2.45) is 0 Å². The second-order valence-electron chi connectivity index (χ2n) is 2.92. The van der Waals surface area contributed by atoms with Crippen LogP contribution in [0, 0.1) is 0 Å². The standard InChI is InChI=1S/C10H11BrClNO2/c1-13-5-9(14)6-3-7(11)10(15-2)4-8(6)12/h3-4,13H,5H2,1-2H3. The van der Waals surface area contributed by atoms with Crippen LogP contribution in [0.15, 0.2) is 16.6 Å². The lowest BCUT2D eigenvalue weighted by Gasteiger charge is -2.08. The van der Waals surface area contributed by atoms with Crippen LogP contribution in [0.5, 0.6) is 5.75 Å². The topological polar surface area (TPSA) is 38.3 Å². The van der Waals surface area contributed by atoms with Crippen molar-refractivity contribution in [1.29, 1.82) is 0 Å². The first-order chi connectivity index (χ1) is 7.10. The third-order valence-corrected chi connectivity index (χ3v) is 2.81. The number of ether oxygens (including phenoxy) is 1. The predicted molar refractivity (Wildman–Crippen MR) is 64.0 cm³/mol. The molecular formula is C10H11BrClNO2. The Hall–Kier alpha value is -0.580. The molecule has 1 aromatic carbocycles. The fourth-order valence-electron chi connectivity index (χ4n) is 1.15. The molecule has 0 bridgehead atoms. The summed E-state index contributed by atoms with van der Waals surface area (Å²) in [7, 11) is 3.26. The molecule has 0 aliphatic heterocycles. The highest BCUT2D eigenvalue weighted by atomic mass is 79.9. The Labute approximate surface area is 102 Å². The molecule has 0 unspecified atom stereocenters. The number of benzene rings is 1. The molecule has 3 nitrogen and oxygen atoms in total. The Morgan fingerprint density at radius 2 is 2.27 bits per heavy atom. The average molecular weight is 293 g/mol. The summed E-state index contributed by atoms with van der Waals surface area (Å²) in [5.74, 6) is 0.562. The summed E-state index contributed by atoms with van der Waals surface area (Å²) < 4.78 is 5.78. The molecule has 1 aromatic rings. The van der Waals surface area contributed by atoms with Crippen LogP contribution in [0.1, 0.15) is 10.4 Å². The number of hydrogen-bond acceptors (Lipinski definition) is 3. The van der Waals surface area contributed by atoms with E-state index < -0.39 is 0 Å². The summed E-state index contributed by atoms with van der Waals surface area (Å²) in [5, 5.41) is 3.18. The van der Waals surface area contributed by atoms with E-state index in [4.69, 9.17) is 16.3 Å². The van der Waals surface area contributed by atoms with Crippen LogP contribution in [0.4, 0.5) is 0 Å². The Morgan fingerprint density at radius 1 is 1.60 bits per heavy atom. The van der Waals surface area contributed by atoms with E-state index in [0.29, 0.717) is 20.8 Å². The van der Waals surface area contributed by atoms with Gasteiger partial charge in [0.15, 0.2) is 5.78 Å². The van der Waals surface area contributed by atoms with Gasteiger partial charge in [0.25, 0.3) is 0 Å². The monoisotopic (exact) mass is 291 g/mol. The molecule has 0 atom stereocenters. The predicted octanol–water partition coefficient (Wildman–Crippen LogP) is 2.51. The number of carbonyl (C=O) groups is 1. The zero-order valence-electron chi connectivity index (χ0n) is 8.43. The molecule has 0 radical (unpaired) electrons. The molecule has 1 rings (SSSR count). The third kappa shape index (κ3) is 2.93. The Morgan fingerprint density at radius 3 is 2.80 bits per heavy atom. The molecule has 15 heavy (non-hydrogen) atoms. The Balaban J connectivity index is 3.10. The minimum absolute atomic E-state index is 0.0501. The van der Waals surface area contributed by atoms with Gasteiger partial charge in [-0.25, -0.2) is 0 Å². The SMILES string of the molecule is CNCC(=O)c1cc(Br)c(OC)cc1Cl. The summed E-state index contributed by atoms with van der Waals surface area (Å²) in [6, 6.07) is 3.29. The van der Waals surface area contributed by atoms with E-state index >= 15 is 0 Å². The highest BCUT2D eigenvalue weighted by Gasteiger charge is 2.13. The van der Waals surface area contributed by atoms with Gasteiger partial charge in [-0.3, -0.25) is 4.79 Å². The number of hydrogen-bond donors (Lipinski definition) is 1. The van der Waals surface area contributed by atoms with Crippen molar-refractivity contribution in [2.45, 2.75) is 0 Å². The van der Waals surface area contributed by atoms with Crippen LogP contribution < -0.4 is 10.1 Å². The molecule has 0 fully saturated rings. The number of likely N-dealkylation sites (N-methyl/N-ethyl adjacent to an activating group) is 1. The maximum absolute atomic E-state index is 11.6. The van der Waals surface area contributed by atoms with Crippen molar-refractivity contribution >= 4 is 33.3 Å². The van der Waals surface area contributed by atoms with Crippen molar-refractivity contribution in [3.63, 3.8) is 0 Å². The van der Waals surface area contributed by atoms with Gasteiger partial charge in [0.1, 0.15) is 5.75 Å². The van der Waals surface area contributed by atoms with Crippen LogP contribution in [-0.4, -0.2) is 26.5 Å². The normalized spacial score (nSPS) is 10.1. The van der Waals surface area contributed by atoms with E-state index in [-0.39, 0.29) is 12.3 Å². The van der Waals surface area contributed by atoms with Crippen LogP contribution in [-0.2, 0) is 0 Å². The molecule has 0 aromatic heterocycles. The Kier molecular flexibility index (Phi) is 4.57. The summed E-state index contributed by atoms with van der Waals surface area (Å²) in [6.45, 7) is 0.262. The minimum atomic E-state index is -0.0501. The molecule has 0 saturated carbocycles. The molecule has 82 valence electrons. The molecule has 1 N–H and O–H groups in total. The van der Waals surface area contributed by atoms with Crippen molar-refractivity contribution < 1.29 is 9.53 Å². The van der Waals surface area contributed by atoms with Gasteiger partial charge in [0, 0.05) is 11.6 Å².